The summed E-state index contributed by atoms with van der Waals surface area (Å²) in [5, 5.41) is 6.91. The van der Waals surface area contributed by atoms with Crippen LogP contribution < -0.4 is 15.4 Å². The minimum atomic E-state index is -4.86. The highest BCUT2D eigenvalue weighted by atomic mass is 32.2. The number of hydrogen-bond donors (Lipinski definition) is 2. The molecule has 3 aliphatic rings. The lowest BCUT2D eigenvalue weighted by atomic mass is 9.89. The molecule has 1 spiro atoms. The average molecular weight is 649 g/mol. The van der Waals surface area contributed by atoms with Crippen molar-refractivity contribution in [1.82, 2.24) is 19.4 Å². The molecule has 11 nitrogen and oxygen atoms in total. The number of anilines is 1. The molecule has 0 radical (unpaired) electrons. The van der Waals surface area contributed by atoms with E-state index < -0.39 is 33.6 Å². The number of likely N-dealkylation sites (N-methyl/N-ethyl adjacent to an activating group) is 1. The number of nitrogens with zero attached hydrogens (tertiary/aromatic N) is 4. The Bertz CT molecular complexity index is 1610. The van der Waals surface area contributed by atoms with Crippen LogP contribution in [0.4, 0.5) is 18.9 Å². The van der Waals surface area contributed by atoms with Crippen LogP contribution in [0.1, 0.15) is 29.5 Å². The lowest BCUT2D eigenvalue weighted by Crippen LogP contribution is -2.50. The van der Waals surface area contributed by atoms with E-state index in [1.54, 1.807) is 12.1 Å². The van der Waals surface area contributed by atoms with E-state index in [0.717, 1.165) is 41.9 Å². The Balaban J connectivity index is 1.18. The number of aryl methyl sites for hydroxylation is 1. The average Bonchev–Trinajstić information content (AvgIpc) is 3.30. The first kappa shape index (κ1) is 32.4. The van der Waals surface area contributed by atoms with Crippen molar-refractivity contribution in [3.63, 3.8) is 0 Å². The quantitative estimate of drug-likeness (QED) is 0.452. The summed E-state index contributed by atoms with van der Waals surface area (Å²) in [6.45, 7) is 5.20. The summed E-state index contributed by atoms with van der Waals surface area (Å²) in [7, 11) is -1.79. The van der Waals surface area contributed by atoms with Crippen molar-refractivity contribution in [1.29, 1.82) is 0 Å². The number of carbonyl (C=O) groups is 2. The Labute approximate surface area is 259 Å². The van der Waals surface area contributed by atoms with Gasteiger partial charge in [0.15, 0.2) is 0 Å². The van der Waals surface area contributed by atoms with Gasteiger partial charge in [-0.2, -0.15) is 4.31 Å². The third kappa shape index (κ3) is 7.83. The maximum Gasteiger partial charge on any atom is 0.573 e. The van der Waals surface area contributed by atoms with Crippen molar-refractivity contribution in [2.24, 2.45) is 4.99 Å². The van der Waals surface area contributed by atoms with Gasteiger partial charge in [-0.3, -0.25) is 14.6 Å². The standard InChI is InChI=1S/C30H35F3N6O5S/c1-21-18-24(34-20-26(40)38-15-13-37(2)14-16-38)7-6-22(21)8-17-45(42,43)39-11-9-29(10-12-39)28(41)35-27(36-29)23-4-3-5-25(19-23)44-30(31,32)33/h3-8,17-19,34H,9-16,20H2,1-2H3,(H,35,36,41). The summed E-state index contributed by atoms with van der Waals surface area (Å²) >= 11 is 0. The minimum absolute atomic E-state index is 0.0286. The van der Waals surface area contributed by atoms with Gasteiger partial charge in [0, 0.05) is 55.9 Å². The molecule has 2 fully saturated rings. The molecule has 3 aliphatic heterocycles. The lowest BCUT2D eigenvalue weighted by Gasteiger charge is -2.34. The molecule has 0 aliphatic carbocycles. The SMILES string of the molecule is Cc1cc(NCC(=O)N2CCN(C)CC2)ccc1C=CS(=O)(=O)N1CCC2(CC1)N=C(c1cccc(OC(F)(F)F)c1)NC2=O. The van der Waals surface area contributed by atoms with Gasteiger partial charge in [-0.05, 0) is 68.3 Å². The second-order valence-corrected chi connectivity index (χ2v) is 13.2. The summed E-state index contributed by atoms with van der Waals surface area (Å²) in [5.41, 5.74) is 1.31. The molecular weight excluding hydrogens is 613 g/mol. The number of piperazine rings is 1. The summed E-state index contributed by atoms with van der Waals surface area (Å²) in [6.07, 6.45) is -3.12. The number of carbonyl (C=O) groups excluding carboxylic acids is 2. The molecule has 2 saturated heterocycles. The van der Waals surface area contributed by atoms with E-state index >= 15 is 0 Å². The van der Waals surface area contributed by atoms with Gasteiger partial charge in [0.25, 0.3) is 5.91 Å². The minimum Gasteiger partial charge on any atom is -0.406 e. The molecule has 0 atom stereocenters. The zero-order valence-corrected chi connectivity index (χ0v) is 25.7. The summed E-state index contributed by atoms with van der Waals surface area (Å²) < 4.78 is 69.4. The number of benzene rings is 2. The first-order valence-electron chi connectivity index (χ1n) is 14.5. The Kier molecular flexibility index (Phi) is 9.23. The second-order valence-electron chi connectivity index (χ2n) is 11.4. The second kappa shape index (κ2) is 12.8. The Morgan fingerprint density at radius 3 is 2.47 bits per heavy atom. The number of ether oxygens (including phenoxy) is 1. The van der Waals surface area contributed by atoms with E-state index in [1.807, 2.05) is 24.9 Å². The summed E-state index contributed by atoms with van der Waals surface area (Å²) in [6, 6.07) is 10.6. The van der Waals surface area contributed by atoms with E-state index in [-0.39, 0.29) is 49.8 Å². The van der Waals surface area contributed by atoms with Gasteiger partial charge in [0.1, 0.15) is 17.1 Å². The molecule has 0 saturated carbocycles. The first-order valence-corrected chi connectivity index (χ1v) is 16.0. The number of aliphatic imine (C=N–C) groups is 1. The van der Waals surface area contributed by atoms with Crippen LogP contribution in [0.5, 0.6) is 5.75 Å². The monoisotopic (exact) mass is 648 g/mol. The van der Waals surface area contributed by atoms with Crippen LogP contribution in [0.25, 0.3) is 6.08 Å². The fraction of sp³-hybridized carbons (Fsp3) is 0.433. The van der Waals surface area contributed by atoms with Gasteiger partial charge in [0.05, 0.1) is 6.54 Å². The molecule has 2 amide bonds. The maximum absolute atomic E-state index is 13.1. The molecular formula is C30H35F3N6O5S. The van der Waals surface area contributed by atoms with E-state index in [4.69, 9.17) is 0 Å². The fourth-order valence-corrected chi connectivity index (χ4v) is 6.69. The number of hydrogen-bond acceptors (Lipinski definition) is 8. The maximum atomic E-state index is 13.1. The van der Waals surface area contributed by atoms with E-state index in [1.165, 1.54) is 22.5 Å². The van der Waals surface area contributed by atoms with Crippen LogP contribution in [0.15, 0.2) is 52.9 Å². The molecule has 2 aromatic rings. The smallest absolute Gasteiger partial charge is 0.406 e. The largest absolute Gasteiger partial charge is 0.573 e. The number of rotatable bonds is 8. The molecule has 45 heavy (non-hydrogen) atoms. The van der Waals surface area contributed by atoms with Crippen molar-refractivity contribution in [2.75, 3.05) is 58.2 Å². The topological polar surface area (TPSA) is 124 Å². The summed E-state index contributed by atoms with van der Waals surface area (Å²) in [4.78, 5) is 34.0. The van der Waals surface area contributed by atoms with Gasteiger partial charge in [-0.15, -0.1) is 13.2 Å². The molecule has 3 heterocycles. The summed E-state index contributed by atoms with van der Waals surface area (Å²) in [5.74, 6) is -0.730. The number of piperidine rings is 1. The van der Waals surface area contributed by atoms with Gasteiger partial charge in [0.2, 0.25) is 15.9 Å². The van der Waals surface area contributed by atoms with Gasteiger partial charge >= 0.3 is 6.36 Å². The first-order chi connectivity index (χ1) is 21.2. The number of sulfonamides is 1. The van der Waals surface area contributed by atoms with Crippen molar-refractivity contribution in [3.8, 4) is 5.75 Å². The normalized spacial score (nSPS) is 19.5. The van der Waals surface area contributed by atoms with Crippen LogP contribution in [-0.2, 0) is 19.6 Å². The van der Waals surface area contributed by atoms with Crippen LogP contribution in [0.3, 0.4) is 0 Å². The Morgan fingerprint density at radius 2 is 1.80 bits per heavy atom. The van der Waals surface area contributed by atoms with Crippen LogP contribution in [0, 0.1) is 6.92 Å². The zero-order valence-electron chi connectivity index (χ0n) is 24.9. The highest BCUT2D eigenvalue weighted by Gasteiger charge is 2.47. The number of amides is 2. The highest BCUT2D eigenvalue weighted by molar-refractivity contribution is 7.92. The molecule has 5 rings (SSSR count). The predicted molar refractivity (Wildman–Crippen MR) is 163 cm³/mol. The van der Waals surface area contributed by atoms with Crippen molar-refractivity contribution < 1.29 is 35.9 Å². The molecule has 2 aromatic carbocycles. The highest BCUT2D eigenvalue weighted by Crippen LogP contribution is 2.33. The number of alkyl halides is 3. The van der Waals surface area contributed by atoms with Gasteiger partial charge < -0.3 is 25.2 Å². The lowest BCUT2D eigenvalue weighted by molar-refractivity contribution is -0.274. The van der Waals surface area contributed by atoms with Crippen LogP contribution >= 0.6 is 0 Å². The van der Waals surface area contributed by atoms with E-state index in [9.17, 15) is 31.2 Å². The van der Waals surface area contributed by atoms with E-state index in [2.05, 4.69) is 25.3 Å². The molecule has 0 bridgehead atoms. The number of halogens is 3. The van der Waals surface area contributed by atoms with Crippen molar-refractivity contribution in [3.05, 3.63) is 64.6 Å². The predicted octanol–water partition coefficient (Wildman–Crippen LogP) is 2.79. The van der Waals surface area contributed by atoms with Gasteiger partial charge in [-0.25, -0.2) is 8.42 Å². The molecule has 0 aromatic heterocycles. The molecule has 0 unspecified atom stereocenters. The Hall–Kier alpha value is -3.95. The molecule has 242 valence electrons. The molecule has 2 N–H and O–H groups in total. The zero-order chi connectivity index (χ0) is 32.4. The third-order valence-corrected chi connectivity index (χ3v) is 9.78. The third-order valence-electron chi connectivity index (χ3n) is 8.22. The molecule has 15 heteroatoms. The number of nitrogens with one attached hydrogen (secondary N) is 2. The van der Waals surface area contributed by atoms with Gasteiger partial charge in [-0.1, -0.05) is 18.2 Å². The van der Waals surface area contributed by atoms with Crippen LogP contribution in [0.2, 0.25) is 0 Å². The van der Waals surface area contributed by atoms with E-state index in [0.29, 0.717) is 18.7 Å². The van der Waals surface area contributed by atoms with Crippen molar-refractivity contribution >= 4 is 39.4 Å². The van der Waals surface area contributed by atoms with Crippen LogP contribution in [-0.4, -0.2) is 105 Å². The number of amidine groups is 1. The Morgan fingerprint density at radius 1 is 1.09 bits per heavy atom. The van der Waals surface area contributed by atoms with Crippen molar-refractivity contribution in [2.45, 2.75) is 31.7 Å². The fourth-order valence-electron chi connectivity index (χ4n) is 5.51.